The summed E-state index contributed by atoms with van der Waals surface area (Å²) in [5, 5.41) is 2.35. The highest BCUT2D eigenvalue weighted by Crippen LogP contribution is 2.21. The van der Waals surface area contributed by atoms with E-state index in [1.54, 1.807) is 38.1 Å². The SMILES string of the molecule is CC(C)S(=O)(=O)Cc1cccc(NC(=O)[C@@H]2CC[C@H](CN)O2)c1. The molecule has 1 aromatic carbocycles. The van der Waals surface area contributed by atoms with Crippen molar-refractivity contribution in [3.63, 3.8) is 0 Å². The van der Waals surface area contributed by atoms with E-state index in [1.165, 1.54) is 0 Å². The van der Waals surface area contributed by atoms with Crippen LogP contribution in [0.25, 0.3) is 0 Å². The van der Waals surface area contributed by atoms with Gasteiger partial charge in [-0.05, 0) is 44.4 Å². The number of nitrogens with two attached hydrogens (primary N) is 1. The molecule has 3 N–H and O–H groups in total. The molecule has 0 unspecified atom stereocenters. The number of amides is 1. The number of ether oxygens (including phenoxy) is 1. The fraction of sp³-hybridized carbons (Fsp3) is 0.562. The zero-order valence-electron chi connectivity index (χ0n) is 13.5. The van der Waals surface area contributed by atoms with Gasteiger partial charge in [-0.2, -0.15) is 0 Å². The van der Waals surface area contributed by atoms with Gasteiger partial charge in [-0.3, -0.25) is 4.79 Å². The predicted octanol–water partition coefficient (Wildman–Crippen LogP) is 1.45. The number of rotatable bonds is 6. The Morgan fingerprint density at radius 3 is 2.74 bits per heavy atom. The lowest BCUT2D eigenvalue weighted by molar-refractivity contribution is -0.126. The Balaban J connectivity index is 2.02. The maximum Gasteiger partial charge on any atom is 0.253 e. The van der Waals surface area contributed by atoms with Gasteiger partial charge >= 0.3 is 0 Å². The van der Waals surface area contributed by atoms with Crippen LogP contribution in [0.5, 0.6) is 0 Å². The van der Waals surface area contributed by atoms with E-state index in [0.29, 0.717) is 24.2 Å². The van der Waals surface area contributed by atoms with E-state index in [-0.39, 0.29) is 17.8 Å². The van der Waals surface area contributed by atoms with Gasteiger partial charge in [-0.15, -0.1) is 0 Å². The number of benzene rings is 1. The Morgan fingerprint density at radius 2 is 2.13 bits per heavy atom. The predicted molar refractivity (Wildman–Crippen MR) is 89.8 cm³/mol. The van der Waals surface area contributed by atoms with Crippen LogP contribution in [0, 0.1) is 0 Å². The van der Waals surface area contributed by atoms with E-state index >= 15 is 0 Å². The van der Waals surface area contributed by atoms with Crippen LogP contribution in [0.2, 0.25) is 0 Å². The normalized spacial score (nSPS) is 21.6. The molecule has 2 rings (SSSR count). The van der Waals surface area contributed by atoms with Gasteiger partial charge in [0.15, 0.2) is 9.84 Å². The van der Waals surface area contributed by atoms with Gasteiger partial charge in [0.25, 0.3) is 5.91 Å². The fourth-order valence-corrected chi connectivity index (χ4v) is 3.41. The molecular formula is C16H24N2O4S. The molecule has 23 heavy (non-hydrogen) atoms. The molecule has 0 aromatic heterocycles. The summed E-state index contributed by atoms with van der Waals surface area (Å²) in [6.07, 6.45) is 0.871. The van der Waals surface area contributed by atoms with Gasteiger partial charge in [0.2, 0.25) is 0 Å². The highest BCUT2D eigenvalue weighted by Gasteiger charge is 2.29. The average molecular weight is 340 g/mol. The molecule has 1 aliphatic rings. The summed E-state index contributed by atoms with van der Waals surface area (Å²) in [5.74, 6) is -0.256. The second-order valence-corrected chi connectivity index (χ2v) is 8.66. The van der Waals surface area contributed by atoms with Gasteiger partial charge < -0.3 is 15.8 Å². The first-order valence-electron chi connectivity index (χ1n) is 7.78. The van der Waals surface area contributed by atoms with Crippen molar-refractivity contribution in [1.29, 1.82) is 0 Å². The number of carbonyl (C=O) groups is 1. The first-order chi connectivity index (χ1) is 10.8. The van der Waals surface area contributed by atoms with Crippen molar-refractivity contribution in [3.8, 4) is 0 Å². The van der Waals surface area contributed by atoms with Crippen LogP contribution >= 0.6 is 0 Å². The quantitative estimate of drug-likeness (QED) is 0.817. The second-order valence-electron chi connectivity index (χ2n) is 6.11. The zero-order chi connectivity index (χ0) is 17.0. The lowest BCUT2D eigenvalue weighted by Gasteiger charge is -2.13. The number of carbonyl (C=O) groups excluding carboxylic acids is 1. The smallest absolute Gasteiger partial charge is 0.253 e. The summed E-state index contributed by atoms with van der Waals surface area (Å²) in [7, 11) is -3.17. The Bertz CT molecular complexity index is 658. The molecule has 1 heterocycles. The molecule has 1 saturated heterocycles. The number of anilines is 1. The molecule has 1 amide bonds. The first-order valence-corrected chi connectivity index (χ1v) is 9.50. The minimum atomic E-state index is -3.17. The topological polar surface area (TPSA) is 98.5 Å². The molecule has 0 spiro atoms. The van der Waals surface area contributed by atoms with Crippen molar-refractivity contribution < 1.29 is 17.9 Å². The van der Waals surface area contributed by atoms with Crippen molar-refractivity contribution in [2.75, 3.05) is 11.9 Å². The molecule has 128 valence electrons. The molecule has 0 radical (unpaired) electrons. The Labute approximate surface area is 137 Å². The maximum atomic E-state index is 12.2. The van der Waals surface area contributed by atoms with Crippen molar-refractivity contribution >= 4 is 21.4 Å². The highest BCUT2D eigenvalue weighted by atomic mass is 32.2. The first kappa shape index (κ1) is 17.9. The molecule has 0 aliphatic carbocycles. The van der Waals surface area contributed by atoms with Crippen LogP contribution in [-0.2, 0) is 25.1 Å². The van der Waals surface area contributed by atoms with Gasteiger partial charge in [0.05, 0.1) is 17.1 Å². The minimum absolute atomic E-state index is 0.0381. The van der Waals surface area contributed by atoms with E-state index in [1.807, 2.05) is 0 Å². The van der Waals surface area contributed by atoms with E-state index in [0.717, 1.165) is 6.42 Å². The van der Waals surface area contributed by atoms with E-state index in [2.05, 4.69) is 5.32 Å². The van der Waals surface area contributed by atoms with Crippen molar-refractivity contribution in [2.24, 2.45) is 5.73 Å². The van der Waals surface area contributed by atoms with Gasteiger partial charge in [0, 0.05) is 12.2 Å². The van der Waals surface area contributed by atoms with E-state index in [9.17, 15) is 13.2 Å². The molecule has 1 aliphatic heterocycles. The lowest BCUT2D eigenvalue weighted by atomic mass is 10.1. The standard InChI is InChI=1S/C16H24N2O4S/c1-11(2)23(20,21)10-12-4-3-5-13(8-12)18-16(19)15-7-6-14(9-17)22-15/h3-5,8,11,14-15H,6-7,9-10,17H2,1-2H3,(H,18,19)/t14-,15+/m1/s1. The number of nitrogens with one attached hydrogen (secondary N) is 1. The van der Waals surface area contributed by atoms with Crippen LogP contribution in [0.4, 0.5) is 5.69 Å². The molecule has 1 fully saturated rings. The Hall–Kier alpha value is -1.44. The van der Waals surface area contributed by atoms with Gasteiger partial charge in [-0.1, -0.05) is 12.1 Å². The number of hydrogen-bond donors (Lipinski definition) is 2. The summed E-state index contributed by atoms with van der Waals surface area (Å²) in [4.78, 5) is 12.2. The third-order valence-corrected chi connectivity index (χ3v) is 6.12. The van der Waals surface area contributed by atoms with Crippen molar-refractivity contribution in [2.45, 2.75) is 49.9 Å². The minimum Gasteiger partial charge on any atom is -0.364 e. The van der Waals surface area contributed by atoms with Crippen molar-refractivity contribution in [1.82, 2.24) is 0 Å². The molecule has 0 bridgehead atoms. The highest BCUT2D eigenvalue weighted by molar-refractivity contribution is 7.91. The zero-order valence-corrected chi connectivity index (χ0v) is 14.3. The van der Waals surface area contributed by atoms with Crippen molar-refractivity contribution in [3.05, 3.63) is 29.8 Å². The lowest BCUT2D eigenvalue weighted by Crippen LogP contribution is -2.29. The third kappa shape index (κ3) is 4.76. The van der Waals surface area contributed by atoms with Crippen LogP contribution in [-0.4, -0.2) is 38.3 Å². The fourth-order valence-electron chi connectivity index (χ4n) is 2.43. The second kappa shape index (κ2) is 7.42. The third-order valence-electron chi connectivity index (χ3n) is 3.94. The van der Waals surface area contributed by atoms with Gasteiger partial charge in [-0.25, -0.2) is 8.42 Å². The summed E-state index contributed by atoms with van der Waals surface area (Å²) in [6, 6.07) is 6.90. The molecular weight excluding hydrogens is 316 g/mol. The molecule has 7 heteroatoms. The summed E-state index contributed by atoms with van der Waals surface area (Å²) < 4.78 is 29.5. The van der Waals surface area contributed by atoms with E-state index in [4.69, 9.17) is 10.5 Å². The summed E-state index contributed by atoms with van der Waals surface area (Å²) in [5.41, 5.74) is 6.77. The summed E-state index contributed by atoms with van der Waals surface area (Å²) >= 11 is 0. The molecule has 0 saturated carbocycles. The van der Waals surface area contributed by atoms with E-state index < -0.39 is 21.2 Å². The largest absolute Gasteiger partial charge is 0.364 e. The Kier molecular flexibility index (Phi) is 5.78. The van der Waals surface area contributed by atoms with Crippen LogP contribution < -0.4 is 11.1 Å². The number of hydrogen-bond acceptors (Lipinski definition) is 5. The maximum absolute atomic E-state index is 12.2. The molecule has 6 nitrogen and oxygen atoms in total. The van der Waals surface area contributed by atoms with Gasteiger partial charge in [0.1, 0.15) is 6.10 Å². The summed E-state index contributed by atoms with van der Waals surface area (Å²) in [6.45, 7) is 3.73. The average Bonchev–Trinajstić information content (AvgIpc) is 2.96. The molecule has 2 atom stereocenters. The van der Waals surface area contributed by atoms with Crippen LogP contribution in [0.3, 0.4) is 0 Å². The Morgan fingerprint density at radius 1 is 1.39 bits per heavy atom. The van der Waals surface area contributed by atoms with Crippen LogP contribution in [0.15, 0.2) is 24.3 Å². The molecule has 1 aromatic rings. The van der Waals surface area contributed by atoms with Crippen LogP contribution in [0.1, 0.15) is 32.3 Å². The number of sulfone groups is 1. The monoisotopic (exact) mass is 340 g/mol.